The Hall–Kier alpha value is -3.21. The minimum Gasteiger partial charge on any atom is -0.622 e. The highest BCUT2D eigenvalue weighted by Crippen LogP contribution is 2.41. The molecule has 9 nitrogen and oxygen atoms in total. The number of carbonyl (C=O) groups is 1. The van der Waals surface area contributed by atoms with Gasteiger partial charge in [0.25, 0.3) is 0 Å². The maximum absolute atomic E-state index is 13.9. The summed E-state index contributed by atoms with van der Waals surface area (Å²) in [5.74, 6) is 0.660. The van der Waals surface area contributed by atoms with Gasteiger partial charge >= 0.3 is 0 Å². The zero-order valence-electron chi connectivity index (χ0n) is 23.5. The summed E-state index contributed by atoms with van der Waals surface area (Å²) in [7, 11) is 0. The molecular weight excluding hydrogens is 542 g/mol. The van der Waals surface area contributed by atoms with Crippen LogP contribution in [0.3, 0.4) is 0 Å². The molecule has 10 heteroatoms. The lowest BCUT2D eigenvalue weighted by Crippen LogP contribution is -2.54. The molecular formula is C31H36ClN5O4. The van der Waals surface area contributed by atoms with Gasteiger partial charge in [-0.15, -0.1) is 0 Å². The Balaban J connectivity index is 1.14. The molecule has 3 aromatic rings. The third-order valence-electron chi connectivity index (χ3n) is 8.68. The molecule has 2 aromatic carbocycles. The fourth-order valence-electron chi connectivity index (χ4n) is 6.41. The van der Waals surface area contributed by atoms with Crippen molar-refractivity contribution < 1.29 is 14.6 Å². The van der Waals surface area contributed by atoms with Crippen molar-refractivity contribution in [2.45, 2.75) is 58.3 Å². The van der Waals surface area contributed by atoms with Crippen LogP contribution in [0.25, 0.3) is 11.3 Å². The van der Waals surface area contributed by atoms with Crippen molar-refractivity contribution in [2.24, 2.45) is 0 Å². The largest absolute Gasteiger partial charge is 0.622 e. The Bertz CT molecular complexity index is 1480. The predicted molar refractivity (Wildman–Crippen MR) is 159 cm³/mol. The molecule has 3 aliphatic heterocycles. The highest BCUT2D eigenvalue weighted by molar-refractivity contribution is 6.31. The van der Waals surface area contributed by atoms with Crippen molar-refractivity contribution in [3.05, 3.63) is 82.0 Å². The number of ether oxygens (including phenoxy) is 1. The van der Waals surface area contributed by atoms with Gasteiger partial charge in [0.1, 0.15) is 18.5 Å². The van der Waals surface area contributed by atoms with Gasteiger partial charge in [0.05, 0.1) is 18.3 Å². The van der Waals surface area contributed by atoms with Gasteiger partial charge in [0.15, 0.2) is 11.4 Å². The Morgan fingerprint density at radius 1 is 1.20 bits per heavy atom. The number of amides is 1. The predicted octanol–water partition coefficient (Wildman–Crippen LogP) is 4.61. The van der Waals surface area contributed by atoms with E-state index in [1.54, 1.807) is 13.1 Å². The number of carbonyl (C=O) groups excluding carboxylic acids is 1. The number of halogens is 1. The van der Waals surface area contributed by atoms with Crippen LogP contribution in [0.4, 0.5) is 5.69 Å². The standard InChI is InChI=1S/C31H36ClN5O4/c1-21-17-23(7-8-27(21)32)31-26-20-35(22(2)38)14-11-28(26)36(33-31)19-25(39)18-34-12-9-24(10-13-34)37(40)15-16-41-30-6-4-3-5-29(30)37/h3-8,15-17,24-25,39H,9-14,18-20H2,1-2H3. The van der Waals surface area contributed by atoms with E-state index in [2.05, 4.69) is 4.90 Å². The number of benzene rings is 2. The monoisotopic (exact) mass is 577 g/mol. The molecule has 41 heavy (non-hydrogen) atoms. The zero-order chi connectivity index (χ0) is 28.7. The Morgan fingerprint density at radius 3 is 2.73 bits per heavy atom. The summed E-state index contributed by atoms with van der Waals surface area (Å²) >= 11 is 6.28. The molecule has 0 aliphatic carbocycles. The molecule has 1 amide bonds. The first-order valence-corrected chi connectivity index (χ1v) is 14.6. The van der Waals surface area contributed by atoms with Crippen molar-refractivity contribution >= 4 is 23.2 Å². The van der Waals surface area contributed by atoms with Gasteiger partial charge in [-0.25, -0.2) is 0 Å². The number of aryl methyl sites for hydroxylation is 1. The zero-order valence-corrected chi connectivity index (χ0v) is 24.3. The van der Waals surface area contributed by atoms with Gasteiger partial charge in [-0.1, -0.05) is 29.8 Å². The number of rotatable bonds is 6. The molecule has 0 spiro atoms. The molecule has 0 saturated carbocycles. The first-order valence-electron chi connectivity index (χ1n) is 14.3. The smallest absolute Gasteiger partial charge is 0.219 e. The minimum absolute atomic E-state index is 0.0447. The second-order valence-corrected chi connectivity index (χ2v) is 11.8. The van der Waals surface area contributed by atoms with Crippen molar-refractivity contribution in [2.75, 3.05) is 26.2 Å². The summed E-state index contributed by atoms with van der Waals surface area (Å²) < 4.78 is 6.99. The average molecular weight is 578 g/mol. The lowest BCUT2D eigenvalue weighted by atomic mass is 9.99. The van der Waals surface area contributed by atoms with Crippen molar-refractivity contribution in [3.8, 4) is 17.0 Å². The molecule has 1 aromatic heterocycles. The molecule has 1 N–H and O–H groups in total. The fraction of sp³-hybridized carbons (Fsp3) is 0.419. The summed E-state index contributed by atoms with van der Waals surface area (Å²) in [5, 5.41) is 30.7. The van der Waals surface area contributed by atoms with Gasteiger partial charge < -0.3 is 24.9 Å². The van der Waals surface area contributed by atoms with E-state index < -0.39 is 10.8 Å². The lowest BCUT2D eigenvalue weighted by molar-refractivity contribution is -0.129. The second-order valence-electron chi connectivity index (χ2n) is 11.4. The van der Waals surface area contributed by atoms with Crippen LogP contribution in [0.5, 0.6) is 5.75 Å². The Kier molecular flexibility index (Phi) is 7.65. The van der Waals surface area contributed by atoms with E-state index in [0.29, 0.717) is 49.1 Å². The summed E-state index contributed by atoms with van der Waals surface area (Å²) in [6, 6.07) is 13.2. The number of hydroxylamine groups is 2. The number of nitrogens with zero attached hydrogens (tertiary/aromatic N) is 5. The maximum atomic E-state index is 13.9. The van der Waals surface area contributed by atoms with E-state index in [-0.39, 0.29) is 11.9 Å². The number of aliphatic hydroxyl groups is 1. The third kappa shape index (κ3) is 5.40. The number of fused-ring (bicyclic) bond motifs is 2. The number of quaternary nitrogens is 1. The highest BCUT2D eigenvalue weighted by Gasteiger charge is 2.37. The normalized spacial score (nSPS) is 21.7. The van der Waals surface area contributed by atoms with E-state index in [4.69, 9.17) is 21.4 Å². The molecule has 6 rings (SSSR count). The van der Waals surface area contributed by atoms with Crippen LogP contribution < -0.4 is 9.38 Å². The fourth-order valence-corrected chi connectivity index (χ4v) is 6.53. The summed E-state index contributed by atoms with van der Waals surface area (Å²) in [6.07, 6.45) is 4.63. The van der Waals surface area contributed by atoms with Crippen LogP contribution in [-0.4, -0.2) is 68.9 Å². The van der Waals surface area contributed by atoms with Gasteiger partial charge in [0, 0.05) is 86.8 Å². The summed E-state index contributed by atoms with van der Waals surface area (Å²) in [5.41, 5.74) is 5.50. The number of β-amino-alcohol motifs (C(OH)–C–C–N with tert-alkyl or cyclic N) is 1. The molecule has 0 radical (unpaired) electrons. The molecule has 2 unspecified atom stereocenters. The average Bonchev–Trinajstić information content (AvgIpc) is 3.32. The maximum Gasteiger partial charge on any atom is 0.219 e. The number of para-hydroxylation sites is 2. The number of piperidine rings is 1. The summed E-state index contributed by atoms with van der Waals surface area (Å²) in [6.45, 7) is 7.04. The molecule has 2 atom stereocenters. The number of likely N-dealkylation sites (tertiary alicyclic amines) is 1. The third-order valence-corrected chi connectivity index (χ3v) is 9.11. The van der Waals surface area contributed by atoms with Gasteiger partial charge in [-0.05, 0) is 30.7 Å². The second kappa shape index (κ2) is 11.2. The van der Waals surface area contributed by atoms with E-state index in [1.165, 1.54) is 6.26 Å². The van der Waals surface area contributed by atoms with Crippen LogP contribution in [0.15, 0.2) is 54.9 Å². The van der Waals surface area contributed by atoms with Crippen LogP contribution in [0, 0.1) is 12.1 Å². The SMILES string of the molecule is CC(=O)N1CCc2c(c(-c3ccc(Cl)c(C)c3)nn2CC(O)CN2CCC([N+]3([O-])C=COc4ccccc43)CC2)C1. The molecule has 4 heterocycles. The van der Waals surface area contributed by atoms with Crippen molar-refractivity contribution in [3.63, 3.8) is 0 Å². The van der Waals surface area contributed by atoms with Crippen molar-refractivity contribution in [1.29, 1.82) is 0 Å². The molecule has 0 bridgehead atoms. The topological polar surface area (TPSA) is 93.9 Å². The van der Waals surface area contributed by atoms with E-state index in [9.17, 15) is 15.1 Å². The first kappa shape index (κ1) is 27.9. The van der Waals surface area contributed by atoms with Crippen LogP contribution >= 0.6 is 11.6 Å². The van der Waals surface area contributed by atoms with Crippen molar-refractivity contribution in [1.82, 2.24) is 24.2 Å². The summed E-state index contributed by atoms with van der Waals surface area (Å²) in [4.78, 5) is 16.2. The number of aliphatic hydroxyl groups excluding tert-OH is 1. The number of aromatic nitrogens is 2. The molecule has 3 aliphatic rings. The van der Waals surface area contributed by atoms with Crippen LogP contribution in [0.2, 0.25) is 5.02 Å². The Labute approximate surface area is 245 Å². The lowest BCUT2D eigenvalue weighted by Gasteiger charge is -2.49. The number of hydrogen-bond acceptors (Lipinski definition) is 6. The van der Waals surface area contributed by atoms with Crippen LogP contribution in [0.1, 0.15) is 36.6 Å². The quantitative estimate of drug-likeness (QED) is 0.340. The molecule has 1 saturated heterocycles. The van der Waals surface area contributed by atoms with E-state index >= 15 is 0 Å². The van der Waals surface area contributed by atoms with Gasteiger partial charge in [-0.2, -0.15) is 5.10 Å². The van der Waals surface area contributed by atoms with E-state index in [0.717, 1.165) is 54.0 Å². The van der Waals surface area contributed by atoms with Gasteiger partial charge in [-0.3, -0.25) is 14.1 Å². The van der Waals surface area contributed by atoms with E-state index in [1.807, 2.05) is 59.0 Å². The molecule has 216 valence electrons. The molecule has 1 fully saturated rings. The number of hydrogen-bond donors (Lipinski definition) is 1. The van der Waals surface area contributed by atoms with Crippen LogP contribution in [-0.2, 0) is 24.3 Å². The minimum atomic E-state index is -0.624. The highest BCUT2D eigenvalue weighted by atomic mass is 35.5. The first-order chi connectivity index (χ1) is 19.7. The van der Waals surface area contributed by atoms with Gasteiger partial charge in [0.2, 0.25) is 5.91 Å². The Morgan fingerprint density at radius 2 is 1.98 bits per heavy atom.